The molecule has 1 atom stereocenters. The van der Waals surface area contributed by atoms with Crippen molar-refractivity contribution >= 4 is 57.6 Å². The molecule has 35 heavy (non-hydrogen) atoms. The Morgan fingerprint density at radius 1 is 1.26 bits per heavy atom. The number of aromatic nitrogens is 1. The highest BCUT2D eigenvalue weighted by Crippen LogP contribution is 2.38. The Labute approximate surface area is 225 Å². The van der Waals surface area contributed by atoms with Gasteiger partial charge in [-0.05, 0) is 77.9 Å². The summed E-state index contributed by atoms with van der Waals surface area (Å²) in [6, 6.07) is 12.3. The molecule has 2 aromatic carbocycles. The molecule has 1 aromatic heterocycles. The normalized spacial score (nSPS) is 15.6. The van der Waals surface area contributed by atoms with Crippen LogP contribution in [0.2, 0.25) is 5.02 Å². The summed E-state index contributed by atoms with van der Waals surface area (Å²) in [5.74, 6) is 0.0183. The number of fused-ring (bicyclic) bond motifs is 1. The van der Waals surface area contributed by atoms with E-state index in [1.807, 2.05) is 37.3 Å². The number of hydrogen-bond donors (Lipinski definition) is 0. The molecule has 1 aliphatic heterocycles. The van der Waals surface area contributed by atoms with Crippen LogP contribution in [0.3, 0.4) is 0 Å². The van der Waals surface area contributed by atoms with Gasteiger partial charge in [0, 0.05) is 14.2 Å². The highest BCUT2D eigenvalue weighted by atomic mass is 127. The molecule has 0 fully saturated rings. The fourth-order valence-corrected chi connectivity index (χ4v) is 5.85. The van der Waals surface area contributed by atoms with E-state index in [1.165, 1.54) is 11.3 Å². The Morgan fingerprint density at radius 3 is 2.74 bits per heavy atom. The summed E-state index contributed by atoms with van der Waals surface area (Å²) in [6.07, 6.45) is 3.19. The van der Waals surface area contributed by atoms with Gasteiger partial charge >= 0.3 is 5.97 Å². The van der Waals surface area contributed by atoms with E-state index in [4.69, 9.17) is 26.1 Å². The number of rotatable bonds is 7. The molecule has 0 unspecified atom stereocenters. The third kappa shape index (κ3) is 5.24. The van der Waals surface area contributed by atoms with E-state index in [2.05, 4.69) is 22.6 Å². The van der Waals surface area contributed by atoms with Crippen molar-refractivity contribution in [2.75, 3.05) is 13.7 Å². The maximum atomic E-state index is 13.8. The average Bonchev–Trinajstić information content (AvgIpc) is 3.13. The monoisotopic (exact) mass is 622 g/mol. The number of esters is 1. The first kappa shape index (κ1) is 25.7. The largest absolute Gasteiger partial charge is 0.496 e. The quantitative estimate of drug-likeness (QED) is 0.279. The molecule has 0 saturated carbocycles. The van der Waals surface area contributed by atoms with Crippen LogP contribution < -0.4 is 19.6 Å². The minimum absolute atomic E-state index is 0.207. The zero-order valence-electron chi connectivity index (χ0n) is 19.5. The van der Waals surface area contributed by atoms with Crippen LogP contribution in [0.5, 0.6) is 5.75 Å². The second-order valence-electron chi connectivity index (χ2n) is 7.85. The molecule has 4 rings (SSSR count). The molecule has 3 aromatic rings. The van der Waals surface area contributed by atoms with Crippen LogP contribution in [0.1, 0.15) is 43.9 Å². The Bertz CT molecular complexity index is 1490. The number of carbonyl (C=O) groups is 1. The van der Waals surface area contributed by atoms with Crippen molar-refractivity contribution in [1.29, 1.82) is 0 Å². The first-order chi connectivity index (χ1) is 16.9. The molecule has 0 saturated heterocycles. The number of methoxy groups -OCH3 is 1. The van der Waals surface area contributed by atoms with Gasteiger partial charge in [0.05, 0.1) is 29.5 Å². The Hall–Kier alpha value is -2.43. The fraction of sp³-hybridized carbons (Fsp3) is 0.269. The Kier molecular flexibility index (Phi) is 8.13. The molecule has 182 valence electrons. The highest BCUT2D eigenvalue weighted by molar-refractivity contribution is 14.1. The fourth-order valence-electron chi connectivity index (χ4n) is 4.08. The molecule has 0 radical (unpaired) electrons. The minimum atomic E-state index is -0.779. The summed E-state index contributed by atoms with van der Waals surface area (Å²) in [5.41, 5.74) is 2.23. The van der Waals surface area contributed by atoms with Crippen molar-refractivity contribution in [2.24, 2.45) is 4.99 Å². The molecule has 2 heterocycles. The summed E-state index contributed by atoms with van der Waals surface area (Å²) in [6.45, 7) is 3.98. The lowest BCUT2D eigenvalue weighted by Crippen LogP contribution is -2.40. The highest BCUT2D eigenvalue weighted by Gasteiger charge is 2.36. The zero-order valence-corrected chi connectivity index (χ0v) is 23.2. The third-order valence-electron chi connectivity index (χ3n) is 5.52. The van der Waals surface area contributed by atoms with Gasteiger partial charge < -0.3 is 9.47 Å². The molecule has 0 aliphatic carbocycles. The van der Waals surface area contributed by atoms with E-state index >= 15 is 0 Å². The number of halogens is 2. The number of benzene rings is 2. The maximum Gasteiger partial charge on any atom is 0.338 e. The second kappa shape index (κ2) is 11.1. The predicted octanol–water partition coefficient (Wildman–Crippen LogP) is 4.85. The van der Waals surface area contributed by atoms with Crippen LogP contribution in [0.15, 0.2) is 63.5 Å². The van der Waals surface area contributed by atoms with Gasteiger partial charge in [-0.3, -0.25) is 9.36 Å². The Morgan fingerprint density at radius 2 is 2.06 bits per heavy atom. The first-order valence-corrected chi connectivity index (χ1v) is 13.5. The third-order valence-corrected chi connectivity index (χ3v) is 7.41. The molecular formula is C26H24ClIN2O4S. The van der Waals surface area contributed by atoms with Crippen LogP contribution in [-0.4, -0.2) is 24.3 Å². The van der Waals surface area contributed by atoms with Gasteiger partial charge in [0.2, 0.25) is 0 Å². The number of nitrogens with zero attached hydrogens (tertiary/aromatic N) is 2. The summed E-state index contributed by atoms with van der Waals surface area (Å²) in [5, 5.41) is 0.471. The van der Waals surface area contributed by atoms with Crippen molar-refractivity contribution in [3.63, 3.8) is 0 Å². The lowest BCUT2D eigenvalue weighted by Gasteiger charge is -2.27. The average molecular weight is 623 g/mol. The second-order valence-corrected chi connectivity index (χ2v) is 10.5. The molecule has 6 nitrogen and oxygen atoms in total. The van der Waals surface area contributed by atoms with Gasteiger partial charge in [-0.25, -0.2) is 9.79 Å². The number of allylic oxidation sites excluding steroid dienone is 1. The molecule has 1 aliphatic rings. The van der Waals surface area contributed by atoms with E-state index in [1.54, 1.807) is 36.8 Å². The van der Waals surface area contributed by atoms with E-state index in [9.17, 15) is 9.59 Å². The van der Waals surface area contributed by atoms with Gasteiger partial charge in [0.15, 0.2) is 4.80 Å². The van der Waals surface area contributed by atoms with Gasteiger partial charge in [-0.2, -0.15) is 0 Å². The first-order valence-electron chi connectivity index (χ1n) is 11.2. The number of hydrogen-bond acceptors (Lipinski definition) is 6. The van der Waals surface area contributed by atoms with Crippen molar-refractivity contribution in [2.45, 2.75) is 32.7 Å². The van der Waals surface area contributed by atoms with E-state index in [0.29, 0.717) is 43.4 Å². The van der Waals surface area contributed by atoms with E-state index in [0.717, 1.165) is 15.6 Å². The summed E-state index contributed by atoms with van der Waals surface area (Å²) >= 11 is 9.91. The van der Waals surface area contributed by atoms with Crippen molar-refractivity contribution < 1.29 is 14.3 Å². The van der Waals surface area contributed by atoms with Crippen molar-refractivity contribution in [3.8, 4) is 5.75 Å². The Balaban J connectivity index is 2.06. The van der Waals surface area contributed by atoms with Crippen LogP contribution in [0.4, 0.5) is 0 Å². The van der Waals surface area contributed by atoms with E-state index < -0.39 is 12.0 Å². The standard InChI is InChI=1S/C26H24ClIN2O4S/c1-4-7-19-22(25(32)34-5-2)23(18-14-16(27)10-11-20(18)33-3)30-24(31)21(35-26(30)29-19)13-15-8-6-9-17(28)12-15/h6,8-14,23H,4-5,7H2,1-3H3/b21-13+/t23-/m0/s1. The number of carbonyl (C=O) groups excluding carboxylic acids is 1. The predicted molar refractivity (Wildman–Crippen MR) is 147 cm³/mol. The molecule has 0 spiro atoms. The lowest BCUT2D eigenvalue weighted by molar-refractivity contribution is -0.139. The van der Waals surface area contributed by atoms with E-state index in [-0.39, 0.29) is 12.2 Å². The van der Waals surface area contributed by atoms with Gasteiger partial charge in [-0.1, -0.05) is 48.4 Å². The molecule has 0 amide bonds. The van der Waals surface area contributed by atoms with Crippen LogP contribution in [0.25, 0.3) is 6.08 Å². The zero-order chi connectivity index (χ0) is 25.1. The topological polar surface area (TPSA) is 69.9 Å². The number of ether oxygens (including phenoxy) is 2. The molecule has 0 N–H and O–H groups in total. The van der Waals surface area contributed by atoms with Crippen LogP contribution in [0, 0.1) is 3.57 Å². The SMILES string of the molecule is CCCC1=C(C(=O)OCC)[C@H](c2cc(Cl)ccc2OC)n2c(s/c(=C/c3cccc(I)c3)c2=O)=N1. The van der Waals surface area contributed by atoms with Crippen molar-refractivity contribution in [3.05, 3.63) is 93.1 Å². The smallest absolute Gasteiger partial charge is 0.338 e. The molecular weight excluding hydrogens is 599 g/mol. The van der Waals surface area contributed by atoms with Gasteiger partial charge in [-0.15, -0.1) is 0 Å². The minimum Gasteiger partial charge on any atom is -0.496 e. The number of thiazole rings is 1. The maximum absolute atomic E-state index is 13.8. The molecule has 9 heteroatoms. The van der Waals surface area contributed by atoms with Crippen LogP contribution >= 0.6 is 45.5 Å². The van der Waals surface area contributed by atoms with Gasteiger partial charge in [0.25, 0.3) is 5.56 Å². The van der Waals surface area contributed by atoms with Gasteiger partial charge in [0.1, 0.15) is 11.8 Å². The summed E-state index contributed by atoms with van der Waals surface area (Å²) < 4.78 is 14.2. The van der Waals surface area contributed by atoms with Crippen LogP contribution in [-0.2, 0) is 9.53 Å². The summed E-state index contributed by atoms with van der Waals surface area (Å²) in [4.78, 5) is 32.4. The molecule has 0 bridgehead atoms. The summed E-state index contributed by atoms with van der Waals surface area (Å²) in [7, 11) is 1.55. The van der Waals surface area contributed by atoms with Crippen molar-refractivity contribution in [1.82, 2.24) is 4.57 Å². The lowest BCUT2D eigenvalue weighted by atomic mass is 9.93.